The van der Waals surface area contributed by atoms with Gasteiger partial charge in [0.1, 0.15) is 0 Å². The molecule has 0 saturated carbocycles. The molecule has 0 aliphatic carbocycles. The molecule has 20 heavy (non-hydrogen) atoms. The fourth-order valence-corrected chi connectivity index (χ4v) is 2.79. The van der Waals surface area contributed by atoms with Crippen LogP contribution in [0.25, 0.3) is 0 Å². The van der Waals surface area contributed by atoms with Crippen LogP contribution in [0.1, 0.15) is 26.3 Å². The van der Waals surface area contributed by atoms with Crippen molar-refractivity contribution in [3.05, 3.63) is 51.8 Å². The first-order chi connectivity index (χ1) is 9.50. The van der Waals surface area contributed by atoms with E-state index in [0.717, 1.165) is 10.5 Å². The zero-order chi connectivity index (χ0) is 14.4. The lowest BCUT2D eigenvalue weighted by molar-refractivity contribution is 0.0926. The van der Waals surface area contributed by atoms with Crippen LogP contribution in [0.2, 0.25) is 0 Å². The molecule has 2 amide bonds. The summed E-state index contributed by atoms with van der Waals surface area (Å²) in [5.41, 5.74) is 8.38. The second kappa shape index (κ2) is 4.42. The van der Waals surface area contributed by atoms with Crippen molar-refractivity contribution in [1.29, 1.82) is 0 Å². The Morgan fingerprint density at radius 1 is 1.20 bits per heavy atom. The first kappa shape index (κ1) is 12.8. The Morgan fingerprint density at radius 3 is 2.60 bits per heavy atom. The van der Waals surface area contributed by atoms with Crippen LogP contribution in [0.5, 0.6) is 0 Å². The van der Waals surface area contributed by atoms with Gasteiger partial charge in [-0.15, -0.1) is 0 Å². The molecule has 2 aromatic rings. The Bertz CT molecular complexity index is 723. The molecule has 6 heteroatoms. The minimum Gasteiger partial charge on any atom is -0.398 e. The summed E-state index contributed by atoms with van der Waals surface area (Å²) in [5, 5.41) is 0. The molecule has 2 heterocycles. The van der Waals surface area contributed by atoms with E-state index in [1.54, 1.807) is 18.2 Å². The first-order valence-corrected chi connectivity index (χ1v) is 6.68. The summed E-state index contributed by atoms with van der Waals surface area (Å²) in [6.45, 7) is 1.86. The highest BCUT2D eigenvalue weighted by Crippen LogP contribution is 2.35. The topological polar surface area (TPSA) is 76.3 Å². The van der Waals surface area contributed by atoms with Crippen LogP contribution in [-0.4, -0.2) is 16.8 Å². The van der Waals surface area contributed by atoms with E-state index < -0.39 is 0 Å². The lowest BCUT2D eigenvalue weighted by Gasteiger charge is -2.17. The van der Waals surface area contributed by atoms with Gasteiger partial charge in [-0.3, -0.25) is 14.6 Å². The third-order valence-electron chi connectivity index (χ3n) is 3.26. The molecule has 0 spiro atoms. The number of imide groups is 1. The Kier molecular flexibility index (Phi) is 2.83. The Hall–Kier alpha value is -2.21. The fourth-order valence-electron chi connectivity index (χ4n) is 2.15. The number of hydrogen-bond donors (Lipinski definition) is 1. The van der Waals surface area contributed by atoms with Gasteiger partial charge in [0.25, 0.3) is 11.8 Å². The third-order valence-corrected chi connectivity index (χ3v) is 3.90. The third kappa shape index (κ3) is 1.72. The Balaban J connectivity index is 2.17. The smallest absolute Gasteiger partial charge is 0.267 e. The van der Waals surface area contributed by atoms with E-state index in [1.807, 2.05) is 6.92 Å². The number of aryl methyl sites for hydroxylation is 1. The number of rotatable bonds is 1. The van der Waals surface area contributed by atoms with Crippen molar-refractivity contribution in [2.75, 3.05) is 10.6 Å². The van der Waals surface area contributed by atoms with Crippen LogP contribution in [0, 0.1) is 6.92 Å². The summed E-state index contributed by atoms with van der Waals surface area (Å²) >= 11 is 3.37. The van der Waals surface area contributed by atoms with Crippen molar-refractivity contribution in [3.8, 4) is 0 Å². The number of aromatic nitrogens is 1. The molecule has 1 aliphatic rings. The molecule has 0 saturated heterocycles. The molecule has 2 N–H and O–H groups in total. The SMILES string of the molecule is Cc1cc(Br)c(N2C(=O)c3ccncc3C2=O)cc1N. The summed E-state index contributed by atoms with van der Waals surface area (Å²) in [4.78, 5) is 29.7. The predicted octanol–water partition coefficient (Wildman–Crippen LogP) is 2.54. The zero-order valence-corrected chi connectivity index (χ0v) is 12.1. The number of benzene rings is 1. The highest BCUT2D eigenvalue weighted by atomic mass is 79.9. The number of hydrogen-bond acceptors (Lipinski definition) is 4. The molecule has 1 aliphatic heterocycles. The molecule has 5 nitrogen and oxygen atoms in total. The van der Waals surface area contributed by atoms with E-state index in [1.165, 1.54) is 12.4 Å². The summed E-state index contributed by atoms with van der Waals surface area (Å²) in [7, 11) is 0. The van der Waals surface area contributed by atoms with E-state index in [0.29, 0.717) is 27.0 Å². The maximum absolute atomic E-state index is 12.4. The number of nitrogen functional groups attached to an aromatic ring is 1. The Morgan fingerprint density at radius 2 is 1.90 bits per heavy atom. The number of halogens is 1. The standard InChI is InChI=1S/C14H10BrN3O2/c1-7-4-10(15)12(5-11(7)16)18-13(19)8-2-3-17-6-9(8)14(18)20/h2-6H,16H2,1H3. The van der Waals surface area contributed by atoms with Gasteiger partial charge in [0, 0.05) is 22.6 Å². The summed E-state index contributed by atoms with van der Waals surface area (Å²) < 4.78 is 0.645. The number of nitrogens with zero attached hydrogens (tertiary/aromatic N) is 2. The number of carbonyl (C=O) groups excluding carboxylic acids is 2. The van der Waals surface area contributed by atoms with Gasteiger partial charge < -0.3 is 5.73 Å². The fraction of sp³-hybridized carbons (Fsp3) is 0.0714. The van der Waals surface area contributed by atoms with Gasteiger partial charge in [0.15, 0.2) is 0 Å². The number of pyridine rings is 1. The molecule has 0 unspecified atom stereocenters. The summed E-state index contributed by atoms with van der Waals surface area (Å²) in [6, 6.07) is 4.95. The van der Waals surface area contributed by atoms with Crippen LogP contribution < -0.4 is 10.6 Å². The van der Waals surface area contributed by atoms with E-state index in [-0.39, 0.29) is 11.8 Å². The summed E-state index contributed by atoms with van der Waals surface area (Å²) in [5.74, 6) is -0.751. The van der Waals surface area contributed by atoms with Gasteiger partial charge in [0.2, 0.25) is 0 Å². The lowest BCUT2D eigenvalue weighted by atomic mass is 10.1. The molecule has 1 aromatic heterocycles. The molecular weight excluding hydrogens is 322 g/mol. The highest BCUT2D eigenvalue weighted by molar-refractivity contribution is 9.10. The maximum atomic E-state index is 12.4. The largest absolute Gasteiger partial charge is 0.398 e. The van der Waals surface area contributed by atoms with E-state index in [9.17, 15) is 9.59 Å². The minimum absolute atomic E-state index is 0.309. The molecule has 3 rings (SSSR count). The van der Waals surface area contributed by atoms with E-state index in [2.05, 4.69) is 20.9 Å². The number of amides is 2. The van der Waals surface area contributed by atoms with Gasteiger partial charge in [-0.2, -0.15) is 0 Å². The van der Waals surface area contributed by atoms with Gasteiger partial charge >= 0.3 is 0 Å². The van der Waals surface area contributed by atoms with Gasteiger partial charge in [0.05, 0.1) is 16.8 Å². The number of fused-ring (bicyclic) bond motifs is 1. The van der Waals surface area contributed by atoms with Crippen molar-refractivity contribution in [2.45, 2.75) is 6.92 Å². The van der Waals surface area contributed by atoms with Crippen LogP contribution in [0.3, 0.4) is 0 Å². The van der Waals surface area contributed by atoms with Crippen molar-refractivity contribution >= 4 is 39.1 Å². The monoisotopic (exact) mass is 331 g/mol. The molecule has 0 bridgehead atoms. The average Bonchev–Trinajstić information content (AvgIpc) is 2.68. The second-order valence-electron chi connectivity index (χ2n) is 4.53. The van der Waals surface area contributed by atoms with Crippen molar-refractivity contribution in [1.82, 2.24) is 4.98 Å². The predicted molar refractivity (Wildman–Crippen MR) is 78.7 cm³/mol. The second-order valence-corrected chi connectivity index (χ2v) is 5.38. The molecular formula is C14H10BrN3O2. The number of nitrogens with two attached hydrogens (primary N) is 1. The van der Waals surface area contributed by atoms with Gasteiger partial charge in [-0.1, -0.05) is 0 Å². The van der Waals surface area contributed by atoms with Crippen molar-refractivity contribution < 1.29 is 9.59 Å². The lowest BCUT2D eigenvalue weighted by Crippen LogP contribution is -2.29. The summed E-state index contributed by atoms with van der Waals surface area (Å²) in [6.07, 6.45) is 2.90. The Labute approximate surface area is 123 Å². The van der Waals surface area contributed by atoms with Crippen LogP contribution in [0.15, 0.2) is 35.1 Å². The van der Waals surface area contributed by atoms with Crippen LogP contribution >= 0.6 is 15.9 Å². The molecule has 0 atom stereocenters. The molecule has 1 aromatic carbocycles. The molecule has 0 fully saturated rings. The van der Waals surface area contributed by atoms with Crippen molar-refractivity contribution in [3.63, 3.8) is 0 Å². The quantitative estimate of drug-likeness (QED) is 0.643. The zero-order valence-electron chi connectivity index (χ0n) is 10.6. The average molecular weight is 332 g/mol. The maximum Gasteiger partial charge on any atom is 0.267 e. The van der Waals surface area contributed by atoms with E-state index in [4.69, 9.17) is 5.73 Å². The van der Waals surface area contributed by atoms with Gasteiger partial charge in [-0.25, -0.2) is 4.90 Å². The minimum atomic E-state index is -0.387. The van der Waals surface area contributed by atoms with E-state index >= 15 is 0 Å². The van der Waals surface area contributed by atoms with Crippen molar-refractivity contribution in [2.24, 2.45) is 0 Å². The first-order valence-electron chi connectivity index (χ1n) is 5.89. The highest BCUT2D eigenvalue weighted by Gasteiger charge is 2.37. The van der Waals surface area contributed by atoms with Crippen LogP contribution in [0.4, 0.5) is 11.4 Å². The van der Waals surface area contributed by atoms with Crippen LogP contribution in [-0.2, 0) is 0 Å². The molecule has 100 valence electrons. The molecule has 0 radical (unpaired) electrons. The number of carbonyl (C=O) groups is 2. The van der Waals surface area contributed by atoms with Gasteiger partial charge in [-0.05, 0) is 46.6 Å². The number of anilines is 2. The normalized spacial score (nSPS) is 13.8.